The number of hydrogen-bond acceptors (Lipinski definition) is 4. The van der Waals surface area contributed by atoms with E-state index in [1.165, 1.54) is 7.11 Å². The molecule has 0 spiro atoms. The van der Waals surface area contributed by atoms with Gasteiger partial charge in [0, 0.05) is 11.7 Å². The first-order valence-corrected chi connectivity index (χ1v) is 7.58. The zero-order valence-electron chi connectivity index (χ0n) is 11.4. The fourth-order valence-corrected chi connectivity index (χ4v) is 3.33. The van der Waals surface area contributed by atoms with Crippen LogP contribution in [0.25, 0.3) is 0 Å². The highest BCUT2D eigenvalue weighted by Gasteiger charge is 2.31. The van der Waals surface area contributed by atoms with E-state index in [1.807, 2.05) is 0 Å². The molecule has 6 heteroatoms. The number of sulfone groups is 1. The van der Waals surface area contributed by atoms with Crippen molar-refractivity contribution in [1.82, 2.24) is 0 Å². The molecule has 0 fully saturated rings. The van der Waals surface area contributed by atoms with E-state index < -0.39 is 21.2 Å². The summed E-state index contributed by atoms with van der Waals surface area (Å²) < 4.78 is 29.0. The lowest BCUT2D eigenvalue weighted by molar-refractivity contribution is -0.138. The Hall–Kier alpha value is -1.56. The van der Waals surface area contributed by atoms with Crippen molar-refractivity contribution in [3.63, 3.8) is 0 Å². The summed E-state index contributed by atoms with van der Waals surface area (Å²) in [5.41, 5.74) is -0.351. The molecule has 0 aromatic heterocycles. The van der Waals surface area contributed by atoms with Crippen LogP contribution in [-0.4, -0.2) is 32.9 Å². The van der Waals surface area contributed by atoms with Crippen molar-refractivity contribution in [2.45, 2.75) is 30.6 Å². The van der Waals surface area contributed by atoms with E-state index >= 15 is 0 Å². The Morgan fingerprint density at radius 1 is 1.37 bits per heavy atom. The number of carboxylic acids is 1. The topological polar surface area (TPSA) is 80.7 Å². The van der Waals surface area contributed by atoms with Crippen molar-refractivity contribution in [2.24, 2.45) is 0 Å². The van der Waals surface area contributed by atoms with Crippen LogP contribution in [0, 0.1) is 0 Å². The molecular weight excluding hydrogens is 268 g/mol. The zero-order valence-corrected chi connectivity index (χ0v) is 12.2. The molecule has 0 radical (unpaired) electrons. The van der Waals surface area contributed by atoms with Gasteiger partial charge in [0.05, 0.1) is 13.5 Å². The molecular formula is C13H18O5S. The molecule has 0 saturated carbocycles. The molecule has 1 aromatic carbocycles. The molecule has 0 amide bonds. The highest BCUT2D eigenvalue weighted by Crippen LogP contribution is 2.37. The molecule has 1 N–H and O–H groups in total. The van der Waals surface area contributed by atoms with Crippen LogP contribution in [0.3, 0.4) is 0 Å². The van der Waals surface area contributed by atoms with Gasteiger partial charge in [0.15, 0.2) is 9.84 Å². The largest absolute Gasteiger partial charge is 0.495 e. The van der Waals surface area contributed by atoms with E-state index in [0.717, 1.165) is 6.26 Å². The summed E-state index contributed by atoms with van der Waals surface area (Å²) in [6.07, 6.45) is 0.924. The molecule has 106 valence electrons. The van der Waals surface area contributed by atoms with E-state index in [2.05, 4.69) is 0 Å². The Bertz CT molecular complexity index is 587. The Morgan fingerprint density at radius 2 is 1.95 bits per heavy atom. The molecule has 0 aliphatic carbocycles. The molecule has 19 heavy (non-hydrogen) atoms. The number of carbonyl (C=O) groups is 1. The first-order chi connectivity index (χ1) is 8.59. The van der Waals surface area contributed by atoms with E-state index in [-0.39, 0.29) is 17.1 Å². The molecule has 0 aliphatic rings. The maximum absolute atomic E-state index is 11.9. The van der Waals surface area contributed by atoms with Crippen molar-refractivity contribution < 1.29 is 23.1 Å². The van der Waals surface area contributed by atoms with Crippen molar-refractivity contribution in [3.8, 4) is 5.75 Å². The van der Waals surface area contributed by atoms with Gasteiger partial charge in [-0.25, -0.2) is 8.42 Å². The third-order valence-electron chi connectivity index (χ3n) is 2.89. The van der Waals surface area contributed by atoms with E-state index in [1.54, 1.807) is 32.0 Å². The predicted octanol–water partition coefficient (Wildman–Crippen LogP) is 1.85. The summed E-state index contributed by atoms with van der Waals surface area (Å²) >= 11 is 0. The van der Waals surface area contributed by atoms with Crippen molar-refractivity contribution in [1.29, 1.82) is 0 Å². The Kier molecular flexibility index (Phi) is 4.25. The van der Waals surface area contributed by atoms with Crippen molar-refractivity contribution in [2.75, 3.05) is 13.4 Å². The molecule has 1 aromatic rings. The quantitative estimate of drug-likeness (QED) is 0.893. The minimum atomic E-state index is -3.51. The molecule has 0 saturated heterocycles. The lowest BCUT2D eigenvalue weighted by Gasteiger charge is -2.26. The number of ether oxygens (including phenoxy) is 1. The van der Waals surface area contributed by atoms with Gasteiger partial charge in [-0.3, -0.25) is 4.79 Å². The number of benzene rings is 1. The fourth-order valence-electron chi connectivity index (χ4n) is 2.07. The summed E-state index contributed by atoms with van der Waals surface area (Å²) in [7, 11) is -2.13. The van der Waals surface area contributed by atoms with Crippen LogP contribution in [-0.2, 0) is 20.0 Å². The number of carboxylic acid groups (broad SMARTS) is 1. The van der Waals surface area contributed by atoms with Crippen LogP contribution >= 0.6 is 0 Å². The van der Waals surface area contributed by atoms with Crippen LogP contribution < -0.4 is 4.74 Å². The minimum Gasteiger partial charge on any atom is -0.495 e. The minimum absolute atomic E-state index is 0.0590. The lowest BCUT2D eigenvalue weighted by atomic mass is 9.81. The van der Waals surface area contributed by atoms with Gasteiger partial charge in [0.25, 0.3) is 0 Å². The molecule has 0 bridgehead atoms. The highest BCUT2D eigenvalue weighted by atomic mass is 32.2. The summed E-state index contributed by atoms with van der Waals surface area (Å²) in [6.45, 7) is 3.40. The molecule has 0 aliphatic heterocycles. The van der Waals surface area contributed by atoms with Gasteiger partial charge in [-0.05, 0) is 11.6 Å². The molecule has 5 nitrogen and oxygen atoms in total. The zero-order chi connectivity index (χ0) is 14.8. The average molecular weight is 286 g/mol. The standard InChI is InChI=1S/C13H18O5S/c1-13(2,8-11(14)15)9-6-5-7-10(18-3)12(9)19(4,16)17/h5-7H,8H2,1-4H3,(H,14,15). The lowest BCUT2D eigenvalue weighted by Crippen LogP contribution is -2.24. The van der Waals surface area contributed by atoms with Gasteiger partial charge >= 0.3 is 5.97 Å². The van der Waals surface area contributed by atoms with Crippen molar-refractivity contribution >= 4 is 15.8 Å². The average Bonchev–Trinajstić information content (AvgIpc) is 2.25. The van der Waals surface area contributed by atoms with Crippen LogP contribution in [0.1, 0.15) is 25.8 Å². The monoisotopic (exact) mass is 286 g/mol. The Balaban J connectivity index is 3.56. The Labute approximate surface area is 113 Å². The number of aliphatic carboxylic acids is 1. The summed E-state index contributed by atoms with van der Waals surface area (Å²) in [4.78, 5) is 11.0. The molecule has 1 rings (SSSR count). The SMILES string of the molecule is COc1cccc(C(C)(C)CC(=O)O)c1S(C)(=O)=O. The first kappa shape index (κ1) is 15.5. The van der Waals surface area contributed by atoms with Gasteiger partial charge in [-0.15, -0.1) is 0 Å². The van der Waals surface area contributed by atoms with Crippen LogP contribution in [0.5, 0.6) is 5.75 Å². The summed E-state index contributed by atoms with van der Waals surface area (Å²) in [5, 5.41) is 8.95. The second-order valence-corrected chi connectivity index (χ2v) is 7.02. The number of methoxy groups -OCH3 is 1. The summed E-state index contributed by atoms with van der Waals surface area (Å²) in [6, 6.07) is 4.84. The van der Waals surface area contributed by atoms with Gasteiger partial charge in [0.2, 0.25) is 0 Å². The normalized spacial score (nSPS) is 12.2. The smallest absolute Gasteiger partial charge is 0.304 e. The predicted molar refractivity (Wildman–Crippen MR) is 71.4 cm³/mol. The van der Waals surface area contributed by atoms with Gasteiger partial charge in [-0.2, -0.15) is 0 Å². The number of rotatable bonds is 5. The van der Waals surface area contributed by atoms with Crippen LogP contribution in [0.2, 0.25) is 0 Å². The molecule has 0 unspecified atom stereocenters. The summed E-state index contributed by atoms with van der Waals surface area (Å²) in [5.74, 6) is -0.745. The third kappa shape index (κ3) is 3.47. The first-order valence-electron chi connectivity index (χ1n) is 5.69. The van der Waals surface area contributed by atoms with Gasteiger partial charge in [0.1, 0.15) is 10.6 Å². The van der Waals surface area contributed by atoms with Gasteiger partial charge in [-0.1, -0.05) is 26.0 Å². The molecule has 0 heterocycles. The Morgan fingerprint density at radius 3 is 2.37 bits per heavy atom. The van der Waals surface area contributed by atoms with Crippen LogP contribution in [0.4, 0.5) is 0 Å². The maximum Gasteiger partial charge on any atom is 0.304 e. The third-order valence-corrected chi connectivity index (χ3v) is 4.05. The fraction of sp³-hybridized carbons (Fsp3) is 0.462. The maximum atomic E-state index is 11.9. The molecule has 0 atom stereocenters. The van der Waals surface area contributed by atoms with E-state index in [0.29, 0.717) is 5.56 Å². The number of hydrogen-bond donors (Lipinski definition) is 1. The second kappa shape index (κ2) is 5.21. The van der Waals surface area contributed by atoms with Crippen molar-refractivity contribution in [3.05, 3.63) is 23.8 Å². The van der Waals surface area contributed by atoms with E-state index in [9.17, 15) is 13.2 Å². The second-order valence-electron chi connectivity index (χ2n) is 5.06. The van der Waals surface area contributed by atoms with Crippen LogP contribution in [0.15, 0.2) is 23.1 Å². The highest BCUT2D eigenvalue weighted by molar-refractivity contribution is 7.90. The van der Waals surface area contributed by atoms with E-state index in [4.69, 9.17) is 9.84 Å². The van der Waals surface area contributed by atoms with Gasteiger partial charge < -0.3 is 9.84 Å².